The van der Waals surface area contributed by atoms with Crippen LogP contribution in [0.4, 0.5) is 0 Å². The first-order valence-corrected chi connectivity index (χ1v) is 5.65. The third kappa shape index (κ3) is 7.21. The van der Waals surface area contributed by atoms with Crippen molar-refractivity contribution in [3.63, 3.8) is 0 Å². The highest BCUT2D eigenvalue weighted by Crippen LogP contribution is 2.16. The highest BCUT2D eigenvalue weighted by molar-refractivity contribution is 5.73. The molecule has 7 heteroatoms. The Morgan fingerprint density at radius 3 is 2.33 bits per heavy atom. The summed E-state index contributed by atoms with van der Waals surface area (Å²) in [6.07, 6.45) is -0.961. The minimum atomic E-state index is -1.10. The molecule has 0 saturated heterocycles. The predicted octanol–water partition coefficient (Wildman–Crippen LogP) is 0.578. The molecule has 0 radical (unpaired) electrons. The minimum absolute atomic E-state index is 0.148. The highest BCUT2D eigenvalue weighted by Gasteiger charge is 2.29. The van der Waals surface area contributed by atoms with Gasteiger partial charge >= 0.3 is 11.9 Å². The van der Waals surface area contributed by atoms with Gasteiger partial charge in [-0.15, -0.1) is 0 Å². The second-order valence-corrected chi connectivity index (χ2v) is 3.67. The van der Waals surface area contributed by atoms with E-state index >= 15 is 0 Å². The van der Waals surface area contributed by atoms with Crippen molar-refractivity contribution in [2.24, 2.45) is 5.92 Å². The standard InChI is InChI=1S/C11H20O7/c1-3-8(11(14)15)9(6-10(12)13)18-7-17-5-4-16-2/h8-9H,3-7H2,1-2H3,(H,12,13)(H,14,15)/t8?,9-/m1/s1. The number of carbonyl (C=O) groups is 2. The summed E-state index contributed by atoms with van der Waals surface area (Å²) in [4.78, 5) is 21.6. The Balaban J connectivity index is 4.21. The molecule has 0 heterocycles. The third-order valence-electron chi connectivity index (χ3n) is 2.38. The molecule has 2 atom stereocenters. The summed E-state index contributed by atoms with van der Waals surface area (Å²) in [6, 6.07) is 0. The maximum atomic E-state index is 11.0. The molecular formula is C11H20O7. The molecule has 0 aromatic rings. The molecule has 7 nitrogen and oxygen atoms in total. The molecule has 1 unspecified atom stereocenters. The summed E-state index contributed by atoms with van der Waals surface area (Å²) < 4.78 is 15.0. The summed E-state index contributed by atoms with van der Waals surface area (Å²) in [6.45, 7) is 2.22. The van der Waals surface area contributed by atoms with Crippen LogP contribution in [0.25, 0.3) is 0 Å². The molecule has 0 bridgehead atoms. The molecule has 2 N–H and O–H groups in total. The van der Waals surface area contributed by atoms with Crippen molar-refractivity contribution >= 4 is 11.9 Å². The lowest BCUT2D eigenvalue weighted by Crippen LogP contribution is -2.33. The van der Waals surface area contributed by atoms with Gasteiger partial charge in [0.2, 0.25) is 0 Å². The normalized spacial score (nSPS) is 14.1. The summed E-state index contributed by atoms with van der Waals surface area (Å²) in [5.74, 6) is -3.02. The van der Waals surface area contributed by atoms with Crippen LogP contribution in [-0.4, -0.2) is 55.4 Å². The van der Waals surface area contributed by atoms with E-state index in [0.717, 1.165) is 0 Å². The molecule has 0 aliphatic rings. The summed E-state index contributed by atoms with van der Waals surface area (Å²) in [7, 11) is 1.52. The Morgan fingerprint density at radius 1 is 1.22 bits per heavy atom. The van der Waals surface area contributed by atoms with Crippen molar-refractivity contribution in [1.82, 2.24) is 0 Å². The molecule has 0 aromatic heterocycles. The van der Waals surface area contributed by atoms with Crippen LogP contribution in [0.15, 0.2) is 0 Å². The second kappa shape index (κ2) is 9.81. The van der Waals surface area contributed by atoms with Crippen molar-refractivity contribution in [2.75, 3.05) is 27.1 Å². The Hall–Kier alpha value is -1.18. The quantitative estimate of drug-likeness (QED) is 0.415. The number of hydrogen-bond donors (Lipinski definition) is 2. The maximum Gasteiger partial charge on any atom is 0.309 e. The van der Waals surface area contributed by atoms with E-state index in [2.05, 4.69) is 0 Å². The number of rotatable bonds is 11. The molecule has 0 rings (SSSR count). The van der Waals surface area contributed by atoms with E-state index in [-0.39, 0.29) is 13.2 Å². The molecular weight excluding hydrogens is 244 g/mol. The Kier molecular flexibility index (Phi) is 9.17. The van der Waals surface area contributed by atoms with Gasteiger partial charge in [0.25, 0.3) is 0 Å². The molecule has 106 valence electrons. The highest BCUT2D eigenvalue weighted by atomic mass is 16.7. The van der Waals surface area contributed by atoms with Crippen LogP contribution in [0, 0.1) is 5.92 Å². The molecule has 0 saturated carbocycles. The average Bonchev–Trinajstić information content (AvgIpc) is 2.28. The average molecular weight is 264 g/mol. The second-order valence-electron chi connectivity index (χ2n) is 3.67. The van der Waals surface area contributed by atoms with Gasteiger partial charge in [-0.25, -0.2) is 0 Å². The van der Waals surface area contributed by atoms with Gasteiger partial charge in [0.15, 0.2) is 0 Å². The first-order chi connectivity index (χ1) is 8.52. The number of methoxy groups -OCH3 is 1. The summed E-state index contributed by atoms with van der Waals surface area (Å²) in [5.41, 5.74) is 0. The fourth-order valence-corrected chi connectivity index (χ4v) is 1.42. The van der Waals surface area contributed by atoms with E-state index in [0.29, 0.717) is 19.6 Å². The van der Waals surface area contributed by atoms with Crippen molar-refractivity contribution in [3.8, 4) is 0 Å². The maximum absolute atomic E-state index is 11.0. The zero-order valence-electron chi connectivity index (χ0n) is 10.6. The van der Waals surface area contributed by atoms with Crippen molar-refractivity contribution in [2.45, 2.75) is 25.9 Å². The molecule has 0 aliphatic heterocycles. The minimum Gasteiger partial charge on any atom is -0.481 e. The SMILES string of the molecule is CCC(C(=O)O)[C@@H](CC(=O)O)OCOCCOC. The van der Waals surface area contributed by atoms with Crippen LogP contribution in [0.2, 0.25) is 0 Å². The van der Waals surface area contributed by atoms with Gasteiger partial charge in [-0.2, -0.15) is 0 Å². The zero-order chi connectivity index (χ0) is 14.0. The first-order valence-electron chi connectivity index (χ1n) is 5.65. The fourth-order valence-electron chi connectivity index (χ4n) is 1.42. The Morgan fingerprint density at radius 2 is 1.89 bits per heavy atom. The van der Waals surface area contributed by atoms with Gasteiger partial charge in [-0.3, -0.25) is 9.59 Å². The lowest BCUT2D eigenvalue weighted by Gasteiger charge is -2.21. The monoisotopic (exact) mass is 264 g/mol. The van der Waals surface area contributed by atoms with Gasteiger partial charge in [0.1, 0.15) is 6.79 Å². The van der Waals surface area contributed by atoms with E-state index in [1.807, 2.05) is 0 Å². The zero-order valence-corrected chi connectivity index (χ0v) is 10.6. The number of hydrogen-bond acceptors (Lipinski definition) is 5. The van der Waals surface area contributed by atoms with E-state index < -0.39 is 24.0 Å². The van der Waals surface area contributed by atoms with E-state index in [4.69, 9.17) is 24.4 Å². The Bertz CT molecular complexity index is 254. The van der Waals surface area contributed by atoms with Crippen LogP contribution in [0.5, 0.6) is 0 Å². The first kappa shape index (κ1) is 16.8. The molecule has 0 fully saturated rings. The van der Waals surface area contributed by atoms with E-state index in [1.165, 1.54) is 7.11 Å². The van der Waals surface area contributed by atoms with Crippen molar-refractivity contribution < 1.29 is 34.0 Å². The van der Waals surface area contributed by atoms with Gasteiger partial charge in [0.05, 0.1) is 31.7 Å². The fraction of sp³-hybridized carbons (Fsp3) is 0.818. The summed E-state index contributed by atoms with van der Waals surface area (Å²) >= 11 is 0. The van der Waals surface area contributed by atoms with Gasteiger partial charge < -0.3 is 24.4 Å². The van der Waals surface area contributed by atoms with Gasteiger partial charge in [0, 0.05) is 7.11 Å². The van der Waals surface area contributed by atoms with Crippen molar-refractivity contribution in [1.29, 1.82) is 0 Å². The van der Waals surface area contributed by atoms with E-state index in [9.17, 15) is 9.59 Å². The van der Waals surface area contributed by atoms with Gasteiger partial charge in [-0.05, 0) is 6.42 Å². The number of carboxylic acids is 2. The lowest BCUT2D eigenvalue weighted by molar-refractivity contribution is -0.161. The number of aliphatic carboxylic acids is 2. The molecule has 0 amide bonds. The van der Waals surface area contributed by atoms with Gasteiger partial charge in [-0.1, -0.05) is 6.92 Å². The van der Waals surface area contributed by atoms with Crippen LogP contribution < -0.4 is 0 Å². The molecule has 0 aliphatic carbocycles. The summed E-state index contributed by atoms with van der Waals surface area (Å²) in [5, 5.41) is 17.7. The van der Waals surface area contributed by atoms with Crippen molar-refractivity contribution in [3.05, 3.63) is 0 Å². The topological polar surface area (TPSA) is 102 Å². The van der Waals surface area contributed by atoms with Crippen LogP contribution in [0.3, 0.4) is 0 Å². The molecule has 18 heavy (non-hydrogen) atoms. The van der Waals surface area contributed by atoms with E-state index in [1.54, 1.807) is 6.92 Å². The van der Waals surface area contributed by atoms with Crippen LogP contribution in [0.1, 0.15) is 19.8 Å². The largest absolute Gasteiger partial charge is 0.481 e. The number of ether oxygens (including phenoxy) is 3. The molecule has 0 spiro atoms. The third-order valence-corrected chi connectivity index (χ3v) is 2.38. The Labute approximate surface area is 106 Å². The predicted molar refractivity (Wildman–Crippen MR) is 61.2 cm³/mol. The molecule has 0 aromatic carbocycles. The van der Waals surface area contributed by atoms with Crippen LogP contribution >= 0.6 is 0 Å². The van der Waals surface area contributed by atoms with Crippen LogP contribution in [-0.2, 0) is 23.8 Å². The smallest absolute Gasteiger partial charge is 0.309 e. The lowest BCUT2D eigenvalue weighted by atomic mass is 9.97. The number of carboxylic acid groups (broad SMARTS) is 2.